The number of imidazole rings is 1. The van der Waals surface area contributed by atoms with Gasteiger partial charge in [0.05, 0.1) is 5.75 Å². The van der Waals surface area contributed by atoms with E-state index >= 15 is 0 Å². The summed E-state index contributed by atoms with van der Waals surface area (Å²) in [6.45, 7) is 1.93. The summed E-state index contributed by atoms with van der Waals surface area (Å²) in [5.41, 5.74) is -3.19. The Bertz CT molecular complexity index is 820. The summed E-state index contributed by atoms with van der Waals surface area (Å²) >= 11 is 0. The minimum Gasteiger partial charge on any atom is -0.374 e. The first-order valence-electron chi connectivity index (χ1n) is 9.95. The van der Waals surface area contributed by atoms with E-state index in [4.69, 9.17) is 0 Å². The Balaban J connectivity index is 1.90. The van der Waals surface area contributed by atoms with Gasteiger partial charge in [0, 0.05) is 51.4 Å². The number of amides is 1. The van der Waals surface area contributed by atoms with E-state index in [1.54, 1.807) is 0 Å². The van der Waals surface area contributed by atoms with Gasteiger partial charge in [0.1, 0.15) is 5.82 Å². The molecule has 0 saturated carbocycles. The lowest BCUT2D eigenvalue weighted by Gasteiger charge is -2.32. The van der Waals surface area contributed by atoms with Crippen LogP contribution in [0.15, 0.2) is 12.4 Å². The summed E-state index contributed by atoms with van der Waals surface area (Å²) < 4.78 is 67.4. The molecule has 1 aliphatic heterocycles. The monoisotopic (exact) mass is 454 g/mol. The molecule has 1 saturated heterocycles. The molecule has 0 bridgehead atoms. The minimum absolute atomic E-state index is 0.0730. The Morgan fingerprint density at radius 3 is 2.47 bits per heavy atom. The minimum atomic E-state index is -4.96. The van der Waals surface area contributed by atoms with Gasteiger partial charge in [-0.3, -0.25) is 4.79 Å². The summed E-state index contributed by atoms with van der Waals surface area (Å²) in [5.74, 6) is -1.39. The van der Waals surface area contributed by atoms with Crippen LogP contribution in [-0.4, -0.2) is 64.9 Å². The fourth-order valence-corrected chi connectivity index (χ4v) is 5.19. The zero-order valence-corrected chi connectivity index (χ0v) is 18.0. The van der Waals surface area contributed by atoms with E-state index in [-0.39, 0.29) is 18.8 Å². The summed E-state index contributed by atoms with van der Waals surface area (Å²) in [6, 6.07) is 0. The maximum atomic E-state index is 13.5. The molecule has 1 amide bonds. The highest BCUT2D eigenvalue weighted by atomic mass is 32.2. The molecule has 0 aromatic carbocycles. The van der Waals surface area contributed by atoms with Gasteiger partial charge in [0.2, 0.25) is 21.5 Å². The molecule has 1 unspecified atom stereocenters. The Kier molecular flexibility index (Phi) is 7.91. The SMILES string of the molecule is CCCCS(=O)(=O)N1CCC(C(=O)NCCC(O)(c2nccn2C)C(F)(F)F)CC1. The molecule has 1 atom stereocenters. The van der Waals surface area contributed by atoms with Crippen molar-refractivity contribution in [2.75, 3.05) is 25.4 Å². The molecule has 1 fully saturated rings. The fraction of sp³-hybridized carbons (Fsp3) is 0.778. The average Bonchev–Trinajstić information content (AvgIpc) is 3.11. The van der Waals surface area contributed by atoms with Crippen LogP contribution in [0.3, 0.4) is 0 Å². The van der Waals surface area contributed by atoms with Gasteiger partial charge in [-0.2, -0.15) is 13.2 Å². The van der Waals surface area contributed by atoms with E-state index in [9.17, 15) is 31.5 Å². The lowest BCUT2D eigenvalue weighted by atomic mass is 9.95. The number of hydrogen-bond acceptors (Lipinski definition) is 5. The second-order valence-electron chi connectivity index (χ2n) is 7.60. The topological polar surface area (TPSA) is 105 Å². The van der Waals surface area contributed by atoms with E-state index < -0.39 is 52.4 Å². The van der Waals surface area contributed by atoms with Gasteiger partial charge in [0.15, 0.2) is 0 Å². The van der Waals surface area contributed by atoms with Crippen molar-refractivity contribution in [3.05, 3.63) is 18.2 Å². The van der Waals surface area contributed by atoms with Crippen molar-refractivity contribution in [1.29, 1.82) is 0 Å². The average molecular weight is 455 g/mol. The summed E-state index contributed by atoms with van der Waals surface area (Å²) in [4.78, 5) is 16.0. The van der Waals surface area contributed by atoms with E-state index in [1.165, 1.54) is 17.5 Å². The number of halogens is 3. The van der Waals surface area contributed by atoms with Crippen LogP contribution in [0.25, 0.3) is 0 Å². The van der Waals surface area contributed by atoms with Crippen molar-refractivity contribution in [1.82, 2.24) is 19.2 Å². The first-order chi connectivity index (χ1) is 13.9. The molecule has 1 aliphatic rings. The molecule has 2 heterocycles. The molecule has 1 aromatic heterocycles. The zero-order valence-electron chi connectivity index (χ0n) is 17.2. The van der Waals surface area contributed by atoms with Crippen LogP contribution in [0.5, 0.6) is 0 Å². The molecule has 2 N–H and O–H groups in total. The number of carbonyl (C=O) groups excluding carboxylic acids is 1. The highest BCUT2D eigenvalue weighted by Gasteiger charge is 2.57. The van der Waals surface area contributed by atoms with Crippen LogP contribution in [0, 0.1) is 5.92 Å². The smallest absolute Gasteiger partial charge is 0.374 e. The lowest BCUT2D eigenvalue weighted by molar-refractivity contribution is -0.272. The second kappa shape index (κ2) is 9.65. The first kappa shape index (κ1) is 24.6. The normalized spacial score (nSPS) is 18.9. The van der Waals surface area contributed by atoms with Gasteiger partial charge < -0.3 is 15.0 Å². The van der Waals surface area contributed by atoms with Crippen molar-refractivity contribution in [3.8, 4) is 0 Å². The molecule has 30 heavy (non-hydrogen) atoms. The summed E-state index contributed by atoms with van der Waals surface area (Å²) in [7, 11) is -1.99. The number of nitrogens with zero attached hydrogens (tertiary/aromatic N) is 3. The van der Waals surface area contributed by atoms with E-state index in [0.717, 1.165) is 17.2 Å². The standard InChI is InChI=1S/C18H29F3N4O4S/c1-3-4-13-30(28,29)25-10-5-14(6-11-25)15(26)22-8-7-17(27,18(19,20)21)16-23-9-12-24(16)2/h9,12,14,27H,3-8,10-11,13H2,1-2H3,(H,22,26). The number of rotatable bonds is 9. The third kappa shape index (κ3) is 5.52. The maximum absolute atomic E-state index is 13.5. The van der Waals surface area contributed by atoms with Crippen LogP contribution < -0.4 is 5.32 Å². The molecular formula is C18H29F3N4O4S. The maximum Gasteiger partial charge on any atom is 0.424 e. The number of alkyl halides is 3. The molecule has 1 aromatic rings. The van der Waals surface area contributed by atoms with Crippen LogP contribution in [-0.2, 0) is 27.5 Å². The Labute approximate surface area is 174 Å². The number of sulfonamides is 1. The molecular weight excluding hydrogens is 425 g/mol. The number of carbonyl (C=O) groups is 1. The zero-order chi connectivity index (χ0) is 22.6. The third-order valence-electron chi connectivity index (χ3n) is 5.42. The van der Waals surface area contributed by atoms with Crippen molar-refractivity contribution in [2.24, 2.45) is 13.0 Å². The van der Waals surface area contributed by atoms with Gasteiger partial charge in [-0.1, -0.05) is 13.3 Å². The number of aliphatic hydroxyl groups is 1. The van der Waals surface area contributed by atoms with Gasteiger partial charge in [0.25, 0.3) is 0 Å². The Morgan fingerprint density at radius 1 is 1.33 bits per heavy atom. The Hall–Kier alpha value is -1.66. The van der Waals surface area contributed by atoms with Crippen LogP contribution in [0.1, 0.15) is 44.9 Å². The number of piperidine rings is 1. The number of hydrogen-bond donors (Lipinski definition) is 2. The van der Waals surface area contributed by atoms with Crippen molar-refractivity contribution < 1.29 is 31.5 Å². The van der Waals surface area contributed by atoms with Crippen molar-refractivity contribution in [2.45, 2.75) is 50.8 Å². The largest absolute Gasteiger partial charge is 0.424 e. The number of aromatic nitrogens is 2. The van der Waals surface area contributed by atoms with Gasteiger partial charge >= 0.3 is 6.18 Å². The fourth-order valence-electron chi connectivity index (χ4n) is 3.51. The van der Waals surface area contributed by atoms with Crippen LogP contribution >= 0.6 is 0 Å². The molecule has 2 rings (SSSR count). The van der Waals surface area contributed by atoms with Gasteiger partial charge in [-0.15, -0.1) is 0 Å². The van der Waals surface area contributed by atoms with Crippen molar-refractivity contribution >= 4 is 15.9 Å². The van der Waals surface area contributed by atoms with Crippen LogP contribution in [0.4, 0.5) is 13.2 Å². The molecule has 12 heteroatoms. The third-order valence-corrected chi connectivity index (χ3v) is 7.38. The van der Waals surface area contributed by atoms with Crippen molar-refractivity contribution in [3.63, 3.8) is 0 Å². The molecule has 0 spiro atoms. The predicted octanol–water partition coefficient (Wildman–Crippen LogP) is 1.52. The van der Waals surface area contributed by atoms with E-state index in [2.05, 4.69) is 10.3 Å². The quantitative estimate of drug-likeness (QED) is 0.589. The summed E-state index contributed by atoms with van der Waals surface area (Å²) in [6.07, 6.45) is -1.34. The van der Waals surface area contributed by atoms with Gasteiger partial charge in [-0.05, 0) is 19.3 Å². The Morgan fingerprint density at radius 2 is 1.97 bits per heavy atom. The van der Waals surface area contributed by atoms with Crippen LogP contribution in [0.2, 0.25) is 0 Å². The highest BCUT2D eigenvalue weighted by Crippen LogP contribution is 2.40. The number of aryl methyl sites for hydroxylation is 1. The van der Waals surface area contributed by atoms with Gasteiger partial charge in [-0.25, -0.2) is 17.7 Å². The second-order valence-corrected chi connectivity index (χ2v) is 9.69. The highest BCUT2D eigenvalue weighted by molar-refractivity contribution is 7.89. The predicted molar refractivity (Wildman–Crippen MR) is 104 cm³/mol. The number of nitrogens with one attached hydrogen (secondary N) is 1. The molecule has 0 aliphatic carbocycles. The molecule has 8 nitrogen and oxygen atoms in total. The first-order valence-corrected chi connectivity index (χ1v) is 11.6. The van der Waals surface area contributed by atoms with E-state index in [1.807, 2.05) is 6.92 Å². The van der Waals surface area contributed by atoms with E-state index in [0.29, 0.717) is 19.3 Å². The molecule has 172 valence electrons. The lowest BCUT2D eigenvalue weighted by Crippen LogP contribution is -2.48. The molecule has 0 radical (unpaired) electrons. The number of unbranched alkanes of at least 4 members (excludes halogenated alkanes) is 1. The summed E-state index contributed by atoms with van der Waals surface area (Å²) in [5, 5.41) is 12.7.